The summed E-state index contributed by atoms with van der Waals surface area (Å²) in [5.41, 5.74) is 4.34. The number of hydrogen-bond acceptors (Lipinski definition) is 4. The summed E-state index contributed by atoms with van der Waals surface area (Å²) in [6.07, 6.45) is 3.98. The number of rotatable bonds is 3. The Balaban J connectivity index is 1.66. The maximum Gasteiger partial charge on any atom is 0.180 e. The van der Waals surface area contributed by atoms with Gasteiger partial charge in [-0.2, -0.15) is 0 Å². The molecule has 0 radical (unpaired) electrons. The Morgan fingerprint density at radius 1 is 0.893 bits per heavy atom. The van der Waals surface area contributed by atoms with Gasteiger partial charge >= 0.3 is 0 Å². The van der Waals surface area contributed by atoms with E-state index in [0.29, 0.717) is 30.0 Å². The highest BCUT2D eigenvalue weighted by molar-refractivity contribution is 5.68. The first-order chi connectivity index (χ1) is 13.8. The van der Waals surface area contributed by atoms with Crippen LogP contribution in [-0.2, 0) is 13.0 Å². The molecule has 3 heterocycles. The lowest BCUT2D eigenvalue weighted by Crippen LogP contribution is -2.19. The normalized spacial score (nSPS) is 12.4. The number of benzene rings is 2. The summed E-state index contributed by atoms with van der Waals surface area (Å²) in [6, 6.07) is 21.1. The number of aromatic nitrogens is 3. The van der Waals surface area contributed by atoms with Gasteiger partial charge in [-0.05, 0) is 41.5 Å². The lowest BCUT2D eigenvalue weighted by molar-refractivity contribution is 0.614. The maximum absolute atomic E-state index is 14.3. The summed E-state index contributed by atoms with van der Waals surface area (Å²) in [6.45, 7) is 0.636. The molecule has 2 aromatic carbocycles. The molecule has 2 bridgehead atoms. The third-order valence-corrected chi connectivity index (χ3v) is 4.90. The first kappa shape index (κ1) is 16.6. The van der Waals surface area contributed by atoms with Crippen molar-refractivity contribution in [3.05, 3.63) is 102 Å². The second kappa shape index (κ2) is 6.85. The number of pyridine rings is 1. The first-order valence-corrected chi connectivity index (χ1v) is 9.15. The maximum atomic E-state index is 14.3. The van der Waals surface area contributed by atoms with Gasteiger partial charge in [-0.1, -0.05) is 36.4 Å². The van der Waals surface area contributed by atoms with Crippen LogP contribution in [0.4, 0.5) is 15.9 Å². The minimum atomic E-state index is -0.204. The minimum Gasteiger partial charge on any atom is -0.322 e. The Kier molecular flexibility index (Phi) is 4.05. The molecular formula is C23H17FN4. The van der Waals surface area contributed by atoms with Crippen molar-refractivity contribution < 1.29 is 4.39 Å². The zero-order valence-electron chi connectivity index (χ0n) is 15.1. The summed E-state index contributed by atoms with van der Waals surface area (Å²) in [4.78, 5) is 15.8. The van der Waals surface area contributed by atoms with Crippen LogP contribution in [0.3, 0.4) is 0 Å². The Bertz CT molecular complexity index is 1130. The minimum absolute atomic E-state index is 0.204. The van der Waals surface area contributed by atoms with Crippen LogP contribution < -0.4 is 4.90 Å². The Morgan fingerprint density at radius 3 is 2.57 bits per heavy atom. The average Bonchev–Trinajstić information content (AvgIpc) is 2.87. The van der Waals surface area contributed by atoms with E-state index >= 15 is 0 Å². The summed E-state index contributed by atoms with van der Waals surface area (Å²) in [5, 5.41) is 0. The molecule has 1 aliphatic rings. The molecule has 0 N–H and O–H groups in total. The van der Waals surface area contributed by atoms with E-state index < -0.39 is 0 Å². The molecule has 4 aromatic rings. The topological polar surface area (TPSA) is 41.9 Å². The quantitative estimate of drug-likeness (QED) is 0.515. The summed E-state index contributed by atoms with van der Waals surface area (Å²) in [5.74, 6) is 1.15. The number of nitrogens with zero attached hydrogens (tertiary/aromatic N) is 4. The molecule has 0 unspecified atom stereocenters. The highest BCUT2D eigenvalue weighted by Gasteiger charge is 2.23. The molecule has 0 atom stereocenters. The lowest BCUT2D eigenvalue weighted by Gasteiger charge is -2.24. The fraction of sp³-hybridized carbons (Fsp3) is 0.0870. The Morgan fingerprint density at radius 2 is 1.75 bits per heavy atom. The van der Waals surface area contributed by atoms with E-state index in [2.05, 4.69) is 27.0 Å². The van der Waals surface area contributed by atoms with Gasteiger partial charge in [0.1, 0.15) is 17.3 Å². The van der Waals surface area contributed by atoms with E-state index in [0.717, 1.165) is 22.6 Å². The zero-order chi connectivity index (χ0) is 18.9. The molecule has 0 aliphatic carbocycles. The summed E-state index contributed by atoms with van der Waals surface area (Å²) < 4.78 is 14.3. The predicted octanol–water partition coefficient (Wildman–Crippen LogP) is 4.92. The van der Waals surface area contributed by atoms with Crippen LogP contribution in [0.1, 0.15) is 16.7 Å². The van der Waals surface area contributed by atoms with Crippen molar-refractivity contribution in [2.24, 2.45) is 0 Å². The standard InChI is InChI=1S/C23H17FN4/c24-20-10-9-19-13-17(20)12-18-14-26-22(21-8-4-5-11-25-21)27-23(18)28(19)15-16-6-2-1-3-7-16/h1-11,13-14H,12,15H2. The first-order valence-electron chi connectivity index (χ1n) is 9.15. The third kappa shape index (κ3) is 3.01. The molecule has 0 spiro atoms. The monoisotopic (exact) mass is 368 g/mol. The molecule has 5 rings (SSSR count). The summed E-state index contributed by atoms with van der Waals surface area (Å²) in [7, 11) is 0. The third-order valence-electron chi connectivity index (χ3n) is 4.90. The van der Waals surface area contributed by atoms with Crippen LogP contribution in [0.2, 0.25) is 0 Å². The van der Waals surface area contributed by atoms with E-state index in [4.69, 9.17) is 4.98 Å². The van der Waals surface area contributed by atoms with Crippen LogP contribution >= 0.6 is 0 Å². The van der Waals surface area contributed by atoms with Gasteiger partial charge in [0.25, 0.3) is 0 Å². The van der Waals surface area contributed by atoms with Gasteiger partial charge in [0.05, 0.1) is 0 Å². The number of fused-ring (bicyclic) bond motifs is 3. The molecule has 28 heavy (non-hydrogen) atoms. The van der Waals surface area contributed by atoms with Crippen LogP contribution in [-0.4, -0.2) is 15.0 Å². The number of halogens is 1. The second-order valence-corrected chi connectivity index (χ2v) is 6.78. The number of anilines is 2. The van der Waals surface area contributed by atoms with Crippen molar-refractivity contribution in [1.82, 2.24) is 15.0 Å². The molecule has 0 saturated heterocycles. The van der Waals surface area contributed by atoms with E-state index in [1.54, 1.807) is 18.5 Å². The lowest BCUT2D eigenvalue weighted by atomic mass is 10.1. The van der Waals surface area contributed by atoms with E-state index in [-0.39, 0.29) is 5.82 Å². The molecule has 2 aromatic heterocycles. The van der Waals surface area contributed by atoms with E-state index in [1.165, 1.54) is 6.07 Å². The molecule has 0 saturated carbocycles. The van der Waals surface area contributed by atoms with Crippen molar-refractivity contribution in [2.75, 3.05) is 4.90 Å². The Labute approximate surface area is 162 Å². The Hall–Kier alpha value is -3.60. The van der Waals surface area contributed by atoms with Gasteiger partial charge < -0.3 is 4.90 Å². The number of hydrogen-bond donors (Lipinski definition) is 0. The molecule has 0 fully saturated rings. The van der Waals surface area contributed by atoms with Crippen LogP contribution in [0, 0.1) is 5.82 Å². The van der Waals surface area contributed by atoms with Gasteiger partial charge in [0.15, 0.2) is 5.82 Å². The molecule has 1 aliphatic heterocycles. The van der Waals surface area contributed by atoms with Crippen molar-refractivity contribution in [2.45, 2.75) is 13.0 Å². The predicted molar refractivity (Wildman–Crippen MR) is 107 cm³/mol. The SMILES string of the molecule is Fc1ccc2cc1Cc1cnc(-c3ccccn3)nc1N2Cc1ccccc1. The molecular weight excluding hydrogens is 351 g/mol. The van der Waals surface area contributed by atoms with Crippen molar-refractivity contribution >= 4 is 11.5 Å². The summed E-state index contributed by atoms with van der Waals surface area (Å²) >= 11 is 0. The fourth-order valence-electron chi connectivity index (χ4n) is 3.50. The zero-order valence-corrected chi connectivity index (χ0v) is 15.1. The highest BCUT2D eigenvalue weighted by atomic mass is 19.1. The van der Waals surface area contributed by atoms with E-state index in [9.17, 15) is 4.39 Å². The smallest absolute Gasteiger partial charge is 0.180 e. The largest absolute Gasteiger partial charge is 0.322 e. The van der Waals surface area contributed by atoms with Gasteiger partial charge in [0, 0.05) is 36.6 Å². The highest BCUT2D eigenvalue weighted by Crippen LogP contribution is 2.36. The fourth-order valence-corrected chi connectivity index (χ4v) is 3.50. The van der Waals surface area contributed by atoms with Gasteiger partial charge in [-0.25, -0.2) is 14.4 Å². The molecule has 5 heteroatoms. The van der Waals surface area contributed by atoms with Gasteiger partial charge in [-0.15, -0.1) is 0 Å². The van der Waals surface area contributed by atoms with Crippen LogP contribution in [0.25, 0.3) is 11.5 Å². The van der Waals surface area contributed by atoms with Gasteiger partial charge in [-0.3, -0.25) is 4.98 Å². The van der Waals surface area contributed by atoms with Crippen LogP contribution in [0.5, 0.6) is 0 Å². The van der Waals surface area contributed by atoms with Crippen LogP contribution in [0.15, 0.2) is 79.1 Å². The van der Waals surface area contributed by atoms with Crippen molar-refractivity contribution in [3.8, 4) is 11.5 Å². The molecule has 4 nitrogen and oxygen atoms in total. The van der Waals surface area contributed by atoms with Crippen molar-refractivity contribution in [3.63, 3.8) is 0 Å². The molecule has 136 valence electrons. The second-order valence-electron chi connectivity index (χ2n) is 6.78. The molecule has 0 amide bonds. The van der Waals surface area contributed by atoms with Gasteiger partial charge in [0.2, 0.25) is 0 Å². The van der Waals surface area contributed by atoms with E-state index in [1.807, 2.05) is 42.5 Å². The average molecular weight is 368 g/mol. The van der Waals surface area contributed by atoms with Crippen molar-refractivity contribution in [1.29, 1.82) is 0 Å².